The molecule has 0 aliphatic carbocycles. The quantitative estimate of drug-likeness (QED) is 0.560. The van der Waals surface area contributed by atoms with Gasteiger partial charge in [-0.1, -0.05) is 29.8 Å². The zero-order valence-electron chi connectivity index (χ0n) is 16.2. The van der Waals surface area contributed by atoms with E-state index in [2.05, 4.69) is 4.98 Å². The monoisotopic (exact) mass is 422 g/mol. The summed E-state index contributed by atoms with van der Waals surface area (Å²) in [6.45, 7) is 1.89. The first-order valence-corrected chi connectivity index (χ1v) is 10.4. The van der Waals surface area contributed by atoms with E-state index in [4.69, 9.17) is 4.74 Å². The van der Waals surface area contributed by atoms with Crippen LogP contribution in [0, 0.1) is 12.7 Å². The van der Waals surface area contributed by atoms with Crippen LogP contribution in [0.3, 0.4) is 0 Å². The van der Waals surface area contributed by atoms with E-state index in [-0.39, 0.29) is 23.7 Å². The second-order valence-corrected chi connectivity index (χ2v) is 8.00. The first-order valence-electron chi connectivity index (χ1n) is 9.39. The summed E-state index contributed by atoms with van der Waals surface area (Å²) in [5.41, 5.74) is 3.52. The van der Waals surface area contributed by atoms with Crippen molar-refractivity contribution >= 4 is 29.3 Å². The molecule has 2 heterocycles. The molecule has 1 aromatic heterocycles. The van der Waals surface area contributed by atoms with Crippen molar-refractivity contribution in [3.8, 4) is 0 Å². The molecule has 1 aliphatic heterocycles. The van der Waals surface area contributed by atoms with E-state index >= 15 is 0 Å². The Kier molecular flexibility index (Phi) is 5.81. The van der Waals surface area contributed by atoms with Crippen molar-refractivity contribution in [2.45, 2.75) is 18.9 Å². The largest absolute Gasteiger partial charge is 0.457 e. The van der Waals surface area contributed by atoms with Gasteiger partial charge in [0.1, 0.15) is 17.8 Å². The number of thioether (sulfide) groups is 1. The Bertz CT molecular complexity index is 1090. The molecule has 0 bridgehead atoms. The van der Waals surface area contributed by atoms with E-state index in [0.29, 0.717) is 22.6 Å². The third-order valence-corrected chi connectivity index (χ3v) is 5.99. The molecule has 1 atom stereocenters. The predicted molar refractivity (Wildman–Crippen MR) is 114 cm³/mol. The summed E-state index contributed by atoms with van der Waals surface area (Å²) in [6.07, 6.45) is 3.19. The summed E-state index contributed by atoms with van der Waals surface area (Å²) in [6, 6.07) is 15.0. The lowest BCUT2D eigenvalue weighted by Gasteiger charge is -2.26. The fourth-order valence-corrected chi connectivity index (χ4v) is 4.49. The predicted octanol–water partition coefficient (Wildman–Crippen LogP) is 4.66. The highest BCUT2D eigenvalue weighted by Crippen LogP contribution is 2.42. The van der Waals surface area contributed by atoms with Crippen molar-refractivity contribution in [1.29, 1.82) is 0 Å². The minimum atomic E-state index is -0.439. The average Bonchev–Trinajstić information content (AvgIpc) is 3.14. The van der Waals surface area contributed by atoms with Crippen LogP contribution in [0.4, 0.5) is 10.1 Å². The fourth-order valence-electron chi connectivity index (χ4n) is 3.32. The average molecular weight is 422 g/mol. The Labute approximate surface area is 177 Å². The van der Waals surface area contributed by atoms with Crippen molar-refractivity contribution in [3.05, 3.63) is 95.1 Å². The van der Waals surface area contributed by atoms with Gasteiger partial charge >= 0.3 is 5.97 Å². The molecule has 5 nitrogen and oxygen atoms in total. The lowest BCUT2D eigenvalue weighted by molar-refractivity contribution is -0.115. The molecule has 152 valence electrons. The van der Waals surface area contributed by atoms with Gasteiger partial charge in [-0.15, -0.1) is 11.8 Å². The molecule has 0 N–H and O–H groups in total. The molecule has 1 aliphatic rings. The zero-order valence-corrected chi connectivity index (χ0v) is 17.1. The summed E-state index contributed by atoms with van der Waals surface area (Å²) in [5, 5.41) is -0.285. The van der Waals surface area contributed by atoms with E-state index in [0.717, 1.165) is 11.1 Å². The highest BCUT2D eigenvalue weighted by atomic mass is 32.2. The Morgan fingerprint density at radius 3 is 2.80 bits per heavy atom. The van der Waals surface area contributed by atoms with Crippen molar-refractivity contribution < 1.29 is 18.7 Å². The van der Waals surface area contributed by atoms with Crippen LogP contribution in [-0.4, -0.2) is 22.6 Å². The van der Waals surface area contributed by atoms with Crippen molar-refractivity contribution in [3.63, 3.8) is 0 Å². The van der Waals surface area contributed by atoms with Crippen LogP contribution >= 0.6 is 11.8 Å². The smallest absolute Gasteiger partial charge is 0.338 e. The molecule has 2 aromatic carbocycles. The molecule has 0 spiro atoms. The van der Waals surface area contributed by atoms with Gasteiger partial charge in [0.25, 0.3) is 0 Å². The summed E-state index contributed by atoms with van der Waals surface area (Å²) >= 11 is 1.47. The maximum Gasteiger partial charge on any atom is 0.338 e. The van der Waals surface area contributed by atoms with Gasteiger partial charge in [0.05, 0.1) is 17.0 Å². The standard InChI is InChI=1S/C23H19FN2O3S/c1-15-3-2-4-17(11-15)23(28)29-13-18-12-25-10-9-20(18)26-21(27)14-30-22(26)16-5-7-19(24)8-6-16/h2-12,22H,13-14H2,1H3. The number of hydrogen-bond acceptors (Lipinski definition) is 5. The van der Waals surface area contributed by atoms with Crippen molar-refractivity contribution in [2.24, 2.45) is 0 Å². The Morgan fingerprint density at radius 1 is 1.23 bits per heavy atom. The number of aryl methyl sites for hydroxylation is 1. The normalized spacial score (nSPS) is 16.0. The number of pyridine rings is 1. The van der Waals surface area contributed by atoms with Gasteiger partial charge in [0.15, 0.2) is 0 Å². The fraction of sp³-hybridized carbons (Fsp3) is 0.174. The number of benzene rings is 2. The number of rotatable bonds is 5. The van der Waals surface area contributed by atoms with E-state index in [1.165, 1.54) is 23.9 Å². The topological polar surface area (TPSA) is 59.5 Å². The number of ether oxygens (including phenoxy) is 1. The number of nitrogens with zero attached hydrogens (tertiary/aromatic N) is 2. The molecular formula is C23H19FN2O3S. The molecular weight excluding hydrogens is 403 g/mol. The molecule has 1 unspecified atom stereocenters. The van der Waals surface area contributed by atoms with Crippen LogP contribution in [0.5, 0.6) is 0 Å². The second-order valence-electron chi connectivity index (χ2n) is 6.93. The summed E-state index contributed by atoms with van der Waals surface area (Å²) in [4.78, 5) is 30.9. The molecule has 30 heavy (non-hydrogen) atoms. The van der Waals surface area contributed by atoms with Crippen LogP contribution in [0.1, 0.15) is 32.4 Å². The molecule has 1 fully saturated rings. The maximum absolute atomic E-state index is 13.3. The number of aromatic nitrogens is 1. The maximum atomic E-state index is 13.3. The van der Waals surface area contributed by atoms with Gasteiger partial charge < -0.3 is 4.74 Å². The molecule has 0 radical (unpaired) electrons. The number of anilines is 1. The molecule has 1 saturated heterocycles. The van der Waals surface area contributed by atoms with Gasteiger partial charge in [-0.3, -0.25) is 14.7 Å². The van der Waals surface area contributed by atoms with Crippen molar-refractivity contribution in [2.75, 3.05) is 10.7 Å². The SMILES string of the molecule is Cc1cccc(C(=O)OCc2cnccc2N2C(=O)CSC2c2ccc(F)cc2)c1. The Balaban J connectivity index is 1.58. The number of esters is 1. The third-order valence-electron chi connectivity index (χ3n) is 4.77. The van der Waals surface area contributed by atoms with E-state index in [1.54, 1.807) is 53.7 Å². The van der Waals surface area contributed by atoms with Crippen LogP contribution in [0.15, 0.2) is 67.0 Å². The lowest BCUT2D eigenvalue weighted by atomic mass is 10.1. The van der Waals surface area contributed by atoms with Gasteiger partial charge in [-0.2, -0.15) is 0 Å². The second kappa shape index (κ2) is 8.67. The van der Waals surface area contributed by atoms with Gasteiger partial charge in [-0.05, 0) is 42.8 Å². The first kappa shape index (κ1) is 20.1. The van der Waals surface area contributed by atoms with Crippen molar-refractivity contribution in [1.82, 2.24) is 4.98 Å². The third kappa shape index (κ3) is 4.21. The molecule has 7 heteroatoms. The minimum absolute atomic E-state index is 0.0134. The van der Waals surface area contributed by atoms with E-state index in [1.807, 2.05) is 13.0 Å². The highest BCUT2D eigenvalue weighted by molar-refractivity contribution is 8.00. The number of halogens is 1. The highest BCUT2D eigenvalue weighted by Gasteiger charge is 2.35. The number of carbonyl (C=O) groups is 2. The van der Waals surface area contributed by atoms with Gasteiger partial charge in [0.2, 0.25) is 5.91 Å². The van der Waals surface area contributed by atoms with Crippen LogP contribution in [0.25, 0.3) is 0 Å². The Hall–Kier alpha value is -3.19. The zero-order chi connectivity index (χ0) is 21.1. The summed E-state index contributed by atoms with van der Waals surface area (Å²) in [7, 11) is 0. The molecule has 3 aromatic rings. The van der Waals surface area contributed by atoms with Crippen LogP contribution in [-0.2, 0) is 16.1 Å². The van der Waals surface area contributed by atoms with E-state index < -0.39 is 5.97 Å². The lowest BCUT2D eigenvalue weighted by Crippen LogP contribution is -2.29. The number of carbonyl (C=O) groups excluding carboxylic acids is 2. The Morgan fingerprint density at radius 2 is 2.03 bits per heavy atom. The molecule has 0 saturated carbocycles. The van der Waals surface area contributed by atoms with E-state index in [9.17, 15) is 14.0 Å². The van der Waals surface area contributed by atoms with Gasteiger partial charge in [0, 0.05) is 18.0 Å². The molecule has 4 rings (SSSR count). The molecule has 1 amide bonds. The number of hydrogen-bond donors (Lipinski definition) is 0. The number of amides is 1. The minimum Gasteiger partial charge on any atom is -0.457 e. The summed E-state index contributed by atoms with van der Waals surface area (Å²) < 4.78 is 18.8. The first-order chi connectivity index (χ1) is 14.5. The van der Waals surface area contributed by atoms with Crippen LogP contribution in [0.2, 0.25) is 0 Å². The summed E-state index contributed by atoms with van der Waals surface area (Å²) in [5.74, 6) is -0.517. The van der Waals surface area contributed by atoms with Gasteiger partial charge in [-0.25, -0.2) is 9.18 Å². The van der Waals surface area contributed by atoms with Crippen LogP contribution < -0.4 is 4.90 Å².